The first-order valence-corrected chi connectivity index (χ1v) is 14.9. The van der Waals surface area contributed by atoms with Gasteiger partial charge in [0.25, 0.3) is 0 Å². The number of rotatable bonds is 17. The molecule has 0 atom stereocenters. The van der Waals surface area contributed by atoms with Crippen molar-refractivity contribution in [3.8, 4) is 17.2 Å². The molecule has 3 rings (SSSR count). The van der Waals surface area contributed by atoms with E-state index in [-0.39, 0.29) is 5.97 Å². The fourth-order valence-electron chi connectivity index (χ4n) is 5.11. The summed E-state index contributed by atoms with van der Waals surface area (Å²) in [6.45, 7) is 5.99. The van der Waals surface area contributed by atoms with Gasteiger partial charge in [0.1, 0.15) is 17.2 Å². The first-order chi connectivity index (χ1) is 18.2. The summed E-state index contributed by atoms with van der Waals surface area (Å²) in [7, 11) is 0. The zero-order valence-corrected chi connectivity index (χ0v) is 23.2. The summed E-state index contributed by atoms with van der Waals surface area (Å²) in [5.74, 6) is 3.34. The molecule has 2 aromatic carbocycles. The van der Waals surface area contributed by atoms with E-state index in [2.05, 4.69) is 13.8 Å². The Morgan fingerprint density at radius 1 is 0.649 bits per heavy atom. The molecular formula is C33H48O4. The van der Waals surface area contributed by atoms with Gasteiger partial charge in [-0.05, 0) is 79.6 Å². The van der Waals surface area contributed by atoms with Gasteiger partial charge in [0.05, 0.1) is 18.8 Å². The van der Waals surface area contributed by atoms with Crippen molar-refractivity contribution in [3.05, 3.63) is 54.1 Å². The summed E-state index contributed by atoms with van der Waals surface area (Å²) in [6.07, 6.45) is 18.1. The van der Waals surface area contributed by atoms with Crippen LogP contribution in [0.25, 0.3) is 0 Å². The monoisotopic (exact) mass is 508 g/mol. The number of benzene rings is 2. The van der Waals surface area contributed by atoms with E-state index in [1.165, 1.54) is 83.5 Å². The Hall–Kier alpha value is -2.49. The van der Waals surface area contributed by atoms with Gasteiger partial charge in [0.15, 0.2) is 0 Å². The van der Waals surface area contributed by atoms with Crippen molar-refractivity contribution in [2.45, 2.75) is 104 Å². The number of hydrogen-bond donors (Lipinski definition) is 0. The van der Waals surface area contributed by atoms with Crippen LogP contribution >= 0.6 is 0 Å². The number of carbonyl (C=O) groups excluding carboxylic acids is 1. The molecule has 0 radical (unpaired) electrons. The molecule has 204 valence electrons. The summed E-state index contributed by atoms with van der Waals surface area (Å²) in [4.78, 5) is 12.5. The van der Waals surface area contributed by atoms with Crippen molar-refractivity contribution in [2.75, 3.05) is 13.2 Å². The average molecular weight is 509 g/mol. The molecule has 0 amide bonds. The minimum atomic E-state index is -0.369. The molecule has 2 aromatic rings. The van der Waals surface area contributed by atoms with Crippen molar-refractivity contribution >= 4 is 5.97 Å². The summed E-state index contributed by atoms with van der Waals surface area (Å²) in [6, 6.07) is 14.6. The molecule has 1 saturated carbocycles. The Balaban J connectivity index is 1.33. The van der Waals surface area contributed by atoms with Crippen LogP contribution in [0.1, 0.15) is 114 Å². The predicted molar refractivity (Wildman–Crippen MR) is 152 cm³/mol. The number of hydrogen-bond acceptors (Lipinski definition) is 4. The van der Waals surface area contributed by atoms with Gasteiger partial charge in [-0.1, -0.05) is 84.5 Å². The maximum Gasteiger partial charge on any atom is 0.343 e. The summed E-state index contributed by atoms with van der Waals surface area (Å²) < 4.78 is 17.4. The van der Waals surface area contributed by atoms with Crippen LogP contribution in [0.5, 0.6) is 17.2 Å². The number of ether oxygens (including phenoxy) is 3. The van der Waals surface area contributed by atoms with Crippen molar-refractivity contribution in [2.24, 2.45) is 11.8 Å². The molecule has 0 bridgehead atoms. The van der Waals surface area contributed by atoms with E-state index < -0.39 is 0 Å². The molecule has 1 aliphatic carbocycles. The molecule has 0 saturated heterocycles. The lowest BCUT2D eigenvalue weighted by atomic mass is 9.80. The molecule has 4 heteroatoms. The SMILES string of the molecule is CCCCCCCCOc1ccc(C(=O)Oc2ccc(OCC3CCC(CCCCC)CC3)cc2)cc1. The van der Waals surface area contributed by atoms with Crippen molar-refractivity contribution in [3.63, 3.8) is 0 Å². The number of esters is 1. The molecular weight excluding hydrogens is 460 g/mol. The molecule has 0 N–H and O–H groups in total. The van der Waals surface area contributed by atoms with Crippen molar-refractivity contribution in [1.29, 1.82) is 0 Å². The number of unbranched alkanes of at least 4 members (excludes halogenated alkanes) is 7. The maximum absolute atomic E-state index is 12.5. The first kappa shape index (κ1) is 29.1. The van der Waals surface area contributed by atoms with Crippen LogP contribution in [0.15, 0.2) is 48.5 Å². The average Bonchev–Trinajstić information content (AvgIpc) is 2.93. The van der Waals surface area contributed by atoms with Gasteiger partial charge in [-0.15, -0.1) is 0 Å². The molecule has 1 aliphatic rings. The highest BCUT2D eigenvalue weighted by Gasteiger charge is 2.21. The lowest BCUT2D eigenvalue weighted by Crippen LogP contribution is -2.20. The van der Waals surface area contributed by atoms with Crippen LogP contribution < -0.4 is 14.2 Å². The Morgan fingerprint density at radius 3 is 1.89 bits per heavy atom. The van der Waals surface area contributed by atoms with Crippen molar-refractivity contribution < 1.29 is 19.0 Å². The highest BCUT2D eigenvalue weighted by atomic mass is 16.5. The summed E-state index contributed by atoms with van der Waals surface area (Å²) >= 11 is 0. The highest BCUT2D eigenvalue weighted by Crippen LogP contribution is 2.32. The minimum absolute atomic E-state index is 0.369. The molecule has 0 spiro atoms. The third-order valence-corrected chi connectivity index (χ3v) is 7.56. The largest absolute Gasteiger partial charge is 0.494 e. The molecule has 4 nitrogen and oxygen atoms in total. The van der Waals surface area contributed by atoms with Gasteiger partial charge in [-0.2, -0.15) is 0 Å². The van der Waals surface area contributed by atoms with Gasteiger partial charge in [-0.25, -0.2) is 4.79 Å². The fourth-order valence-corrected chi connectivity index (χ4v) is 5.11. The first-order valence-electron chi connectivity index (χ1n) is 14.9. The third-order valence-electron chi connectivity index (χ3n) is 7.56. The van der Waals surface area contributed by atoms with E-state index in [1.807, 2.05) is 24.3 Å². The van der Waals surface area contributed by atoms with Crippen LogP contribution in [0.4, 0.5) is 0 Å². The molecule has 1 fully saturated rings. The van der Waals surface area contributed by atoms with Crippen molar-refractivity contribution in [1.82, 2.24) is 0 Å². The van der Waals surface area contributed by atoms with E-state index in [0.717, 1.165) is 30.4 Å². The lowest BCUT2D eigenvalue weighted by molar-refractivity contribution is 0.0734. The fraction of sp³-hybridized carbons (Fsp3) is 0.606. The number of carbonyl (C=O) groups is 1. The predicted octanol–water partition coefficient (Wildman–Crippen LogP) is 9.41. The van der Waals surface area contributed by atoms with Gasteiger partial charge in [0, 0.05) is 0 Å². The maximum atomic E-state index is 12.5. The third kappa shape index (κ3) is 11.2. The quantitative estimate of drug-likeness (QED) is 0.121. The van der Waals surface area contributed by atoms with Crippen LogP contribution in [0.2, 0.25) is 0 Å². The Bertz CT molecular complexity index is 866. The smallest absolute Gasteiger partial charge is 0.343 e. The van der Waals surface area contributed by atoms with E-state index in [1.54, 1.807) is 24.3 Å². The van der Waals surface area contributed by atoms with Gasteiger partial charge < -0.3 is 14.2 Å². The Morgan fingerprint density at radius 2 is 1.19 bits per heavy atom. The summed E-state index contributed by atoms with van der Waals surface area (Å²) in [5.41, 5.74) is 0.512. The van der Waals surface area contributed by atoms with Crippen LogP contribution in [-0.2, 0) is 0 Å². The van der Waals surface area contributed by atoms with E-state index in [0.29, 0.717) is 23.8 Å². The normalized spacial score (nSPS) is 17.4. The molecule has 0 aliphatic heterocycles. The molecule has 0 unspecified atom stereocenters. The van der Waals surface area contributed by atoms with E-state index in [4.69, 9.17) is 14.2 Å². The Kier molecular flexibility index (Phi) is 13.4. The van der Waals surface area contributed by atoms with E-state index in [9.17, 15) is 4.79 Å². The molecule has 0 heterocycles. The minimum Gasteiger partial charge on any atom is -0.494 e. The second kappa shape index (κ2) is 17.1. The second-order valence-electron chi connectivity index (χ2n) is 10.7. The van der Waals surface area contributed by atoms with Gasteiger partial charge in [0.2, 0.25) is 0 Å². The second-order valence-corrected chi connectivity index (χ2v) is 10.7. The van der Waals surface area contributed by atoms with E-state index >= 15 is 0 Å². The standard InChI is InChI=1S/C33H48O4/c1-3-5-7-8-9-11-25-35-30-19-17-29(18-20-30)33(34)37-32-23-21-31(22-24-32)36-26-28-15-13-27(14-16-28)12-10-6-4-2/h17-24,27-28H,3-16,25-26H2,1-2H3. The Labute approximate surface area is 225 Å². The summed E-state index contributed by atoms with van der Waals surface area (Å²) in [5, 5.41) is 0. The highest BCUT2D eigenvalue weighted by molar-refractivity contribution is 5.91. The van der Waals surface area contributed by atoms with Gasteiger partial charge in [-0.3, -0.25) is 0 Å². The lowest BCUT2D eigenvalue weighted by Gasteiger charge is -2.28. The van der Waals surface area contributed by atoms with Crippen LogP contribution in [0, 0.1) is 11.8 Å². The molecule has 37 heavy (non-hydrogen) atoms. The van der Waals surface area contributed by atoms with Gasteiger partial charge >= 0.3 is 5.97 Å². The zero-order chi connectivity index (χ0) is 26.1. The molecule has 0 aromatic heterocycles. The van der Waals surface area contributed by atoms with Crippen LogP contribution in [0.3, 0.4) is 0 Å². The van der Waals surface area contributed by atoms with Crippen LogP contribution in [-0.4, -0.2) is 19.2 Å². The topological polar surface area (TPSA) is 44.8 Å². The zero-order valence-electron chi connectivity index (χ0n) is 23.2.